The van der Waals surface area contributed by atoms with E-state index in [0.29, 0.717) is 12.5 Å². The van der Waals surface area contributed by atoms with E-state index in [2.05, 4.69) is 15.3 Å². The molecule has 0 saturated carbocycles. The minimum atomic E-state index is -0.221. The topological polar surface area (TPSA) is 41.1 Å². The van der Waals surface area contributed by atoms with Gasteiger partial charge in [0.15, 0.2) is 0 Å². The summed E-state index contributed by atoms with van der Waals surface area (Å²) >= 11 is 0. The maximum absolute atomic E-state index is 13.2. The van der Waals surface area contributed by atoms with E-state index in [9.17, 15) is 4.39 Å². The van der Waals surface area contributed by atoms with E-state index >= 15 is 0 Å². The standard InChI is InChI=1S/C14H17FN4/c1-10-8-17-14(16-2)18-13(10)19(3)9-11-5-4-6-12(15)7-11/h4-8H,9H2,1-3H3,(H,16,17,18). The van der Waals surface area contributed by atoms with Crippen molar-refractivity contribution < 1.29 is 4.39 Å². The summed E-state index contributed by atoms with van der Waals surface area (Å²) in [4.78, 5) is 10.6. The third-order valence-electron chi connectivity index (χ3n) is 2.84. The summed E-state index contributed by atoms with van der Waals surface area (Å²) in [5.74, 6) is 1.19. The van der Waals surface area contributed by atoms with Gasteiger partial charge in [0.05, 0.1) is 0 Å². The molecule has 0 aliphatic heterocycles. The van der Waals surface area contributed by atoms with Gasteiger partial charge < -0.3 is 10.2 Å². The lowest BCUT2D eigenvalue weighted by Crippen LogP contribution is -2.19. The normalized spacial score (nSPS) is 10.3. The first kappa shape index (κ1) is 13.3. The van der Waals surface area contributed by atoms with Crippen molar-refractivity contribution in [1.82, 2.24) is 9.97 Å². The van der Waals surface area contributed by atoms with Gasteiger partial charge in [0.2, 0.25) is 5.95 Å². The van der Waals surface area contributed by atoms with Gasteiger partial charge in [-0.25, -0.2) is 9.37 Å². The van der Waals surface area contributed by atoms with Crippen LogP contribution < -0.4 is 10.2 Å². The summed E-state index contributed by atoms with van der Waals surface area (Å²) < 4.78 is 13.2. The Hall–Kier alpha value is -2.17. The molecule has 100 valence electrons. The predicted molar refractivity (Wildman–Crippen MR) is 74.8 cm³/mol. The van der Waals surface area contributed by atoms with E-state index in [1.54, 1.807) is 19.3 Å². The Morgan fingerprint density at radius 3 is 2.84 bits per heavy atom. The second-order valence-corrected chi connectivity index (χ2v) is 4.44. The van der Waals surface area contributed by atoms with E-state index < -0.39 is 0 Å². The van der Waals surface area contributed by atoms with E-state index in [-0.39, 0.29) is 5.82 Å². The molecule has 0 radical (unpaired) electrons. The Bertz CT molecular complexity index is 571. The molecule has 0 unspecified atom stereocenters. The van der Waals surface area contributed by atoms with E-state index in [0.717, 1.165) is 16.9 Å². The van der Waals surface area contributed by atoms with E-state index in [1.807, 2.05) is 24.9 Å². The maximum atomic E-state index is 13.2. The first-order valence-corrected chi connectivity index (χ1v) is 6.07. The van der Waals surface area contributed by atoms with Crippen LogP contribution in [-0.4, -0.2) is 24.1 Å². The molecule has 1 aromatic heterocycles. The highest BCUT2D eigenvalue weighted by atomic mass is 19.1. The van der Waals surface area contributed by atoms with Crippen molar-refractivity contribution in [2.45, 2.75) is 13.5 Å². The zero-order valence-electron chi connectivity index (χ0n) is 11.3. The number of anilines is 2. The fraction of sp³-hybridized carbons (Fsp3) is 0.286. The molecule has 0 atom stereocenters. The average molecular weight is 260 g/mol. The monoisotopic (exact) mass is 260 g/mol. The van der Waals surface area contributed by atoms with Crippen molar-refractivity contribution in [2.75, 3.05) is 24.3 Å². The van der Waals surface area contributed by atoms with Crippen LogP contribution >= 0.6 is 0 Å². The molecular formula is C14H17FN4. The summed E-state index contributed by atoms with van der Waals surface area (Å²) in [6, 6.07) is 6.59. The number of aromatic nitrogens is 2. The third-order valence-corrected chi connectivity index (χ3v) is 2.84. The first-order valence-electron chi connectivity index (χ1n) is 6.07. The maximum Gasteiger partial charge on any atom is 0.224 e. The highest BCUT2D eigenvalue weighted by molar-refractivity contribution is 5.48. The molecule has 19 heavy (non-hydrogen) atoms. The Morgan fingerprint density at radius 2 is 2.16 bits per heavy atom. The lowest BCUT2D eigenvalue weighted by molar-refractivity contribution is 0.625. The molecule has 5 heteroatoms. The van der Waals surface area contributed by atoms with Gasteiger partial charge >= 0.3 is 0 Å². The molecular weight excluding hydrogens is 243 g/mol. The van der Waals surface area contributed by atoms with Crippen LogP contribution in [0.5, 0.6) is 0 Å². The van der Waals surface area contributed by atoms with Crippen molar-refractivity contribution in [3.05, 3.63) is 47.4 Å². The number of aryl methyl sites for hydroxylation is 1. The third kappa shape index (κ3) is 3.19. The highest BCUT2D eigenvalue weighted by Gasteiger charge is 2.09. The quantitative estimate of drug-likeness (QED) is 0.917. The van der Waals surface area contributed by atoms with Crippen LogP contribution in [0.15, 0.2) is 30.5 Å². The summed E-state index contributed by atoms with van der Waals surface area (Å²) in [5, 5.41) is 2.91. The van der Waals surface area contributed by atoms with Crippen LogP contribution in [0.25, 0.3) is 0 Å². The van der Waals surface area contributed by atoms with Crippen LogP contribution in [0.3, 0.4) is 0 Å². The Balaban J connectivity index is 2.22. The van der Waals surface area contributed by atoms with Crippen molar-refractivity contribution in [1.29, 1.82) is 0 Å². The second-order valence-electron chi connectivity index (χ2n) is 4.44. The largest absolute Gasteiger partial charge is 0.357 e. The fourth-order valence-corrected chi connectivity index (χ4v) is 1.92. The number of halogens is 1. The summed E-state index contributed by atoms with van der Waals surface area (Å²) in [6.07, 6.45) is 1.77. The minimum Gasteiger partial charge on any atom is -0.357 e. The second kappa shape index (κ2) is 5.65. The van der Waals surface area contributed by atoms with Gasteiger partial charge in [-0.3, -0.25) is 0 Å². The molecule has 0 bridgehead atoms. The lowest BCUT2D eigenvalue weighted by atomic mass is 10.2. The van der Waals surface area contributed by atoms with Gasteiger partial charge in [-0.2, -0.15) is 4.98 Å². The summed E-state index contributed by atoms with van der Waals surface area (Å²) in [7, 11) is 3.71. The Labute approximate surface area is 112 Å². The van der Waals surface area contributed by atoms with Gasteiger partial charge in [0.1, 0.15) is 11.6 Å². The molecule has 2 aromatic rings. The Kier molecular flexibility index (Phi) is 3.94. The lowest BCUT2D eigenvalue weighted by Gasteiger charge is -2.20. The highest BCUT2D eigenvalue weighted by Crippen LogP contribution is 2.18. The van der Waals surface area contributed by atoms with Crippen LogP contribution in [0, 0.1) is 12.7 Å². The molecule has 1 N–H and O–H groups in total. The number of nitrogens with one attached hydrogen (secondary N) is 1. The van der Waals surface area contributed by atoms with Gasteiger partial charge in [0.25, 0.3) is 0 Å². The van der Waals surface area contributed by atoms with Gasteiger partial charge in [-0.1, -0.05) is 12.1 Å². The van der Waals surface area contributed by atoms with E-state index in [4.69, 9.17) is 0 Å². The van der Waals surface area contributed by atoms with Gasteiger partial charge in [-0.15, -0.1) is 0 Å². The van der Waals surface area contributed by atoms with Crippen LogP contribution in [0.4, 0.5) is 16.2 Å². The van der Waals surface area contributed by atoms with Crippen LogP contribution in [0.1, 0.15) is 11.1 Å². The predicted octanol–water partition coefficient (Wildman–Crippen LogP) is 2.60. The molecule has 2 rings (SSSR count). The molecule has 1 heterocycles. The van der Waals surface area contributed by atoms with Crippen molar-refractivity contribution in [3.63, 3.8) is 0 Å². The molecule has 4 nitrogen and oxygen atoms in total. The van der Waals surface area contributed by atoms with Crippen molar-refractivity contribution in [3.8, 4) is 0 Å². The van der Waals surface area contributed by atoms with Crippen molar-refractivity contribution >= 4 is 11.8 Å². The molecule has 0 aliphatic carbocycles. The summed E-state index contributed by atoms with van der Waals surface area (Å²) in [5.41, 5.74) is 1.89. The number of hydrogen-bond acceptors (Lipinski definition) is 4. The molecule has 1 aromatic carbocycles. The van der Waals surface area contributed by atoms with Gasteiger partial charge in [-0.05, 0) is 24.6 Å². The zero-order valence-corrected chi connectivity index (χ0v) is 11.3. The average Bonchev–Trinajstić information content (AvgIpc) is 2.39. The SMILES string of the molecule is CNc1ncc(C)c(N(C)Cc2cccc(F)c2)n1. The zero-order chi connectivity index (χ0) is 13.8. The number of nitrogens with zero attached hydrogens (tertiary/aromatic N) is 3. The molecule has 0 saturated heterocycles. The Morgan fingerprint density at radius 1 is 1.37 bits per heavy atom. The fourth-order valence-electron chi connectivity index (χ4n) is 1.92. The van der Waals surface area contributed by atoms with Gasteiger partial charge in [0, 0.05) is 32.4 Å². The number of benzene rings is 1. The number of rotatable bonds is 4. The molecule has 0 amide bonds. The number of hydrogen-bond donors (Lipinski definition) is 1. The summed E-state index contributed by atoms with van der Waals surface area (Å²) in [6.45, 7) is 2.55. The molecule has 0 fully saturated rings. The van der Waals surface area contributed by atoms with Crippen LogP contribution in [0.2, 0.25) is 0 Å². The minimum absolute atomic E-state index is 0.221. The molecule has 0 aliphatic rings. The first-order chi connectivity index (χ1) is 9.10. The smallest absolute Gasteiger partial charge is 0.224 e. The molecule has 0 spiro atoms. The van der Waals surface area contributed by atoms with Crippen molar-refractivity contribution in [2.24, 2.45) is 0 Å². The van der Waals surface area contributed by atoms with Crippen LogP contribution in [-0.2, 0) is 6.54 Å². The van der Waals surface area contributed by atoms with E-state index in [1.165, 1.54) is 12.1 Å².